The van der Waals surface area contributed by atoms with E-state index in [2.05, 4.69) is 23.7 Å². The molecule has 0 saturated carbocycles. The Morgan fingerprint density at radius 1 is 1.33 bits per heavy atom. The average molecular weight is 286 g/mol. The first-order valence-corrected chi connectivity index (χ1v) is 6.85. The zero-order chi connectivity index (χ0) is 15.6. The van der Waals surface area contributed by atoms with Crippen LogP contribution >= 0.6 is 0 Å². The summed E-state index contributed by atoms with van der Waals surface area (Å²) in [5.41, 5.74) is 6.90. The van der Waals surface area contributed by atoms with Gasteiger partial charge >= 0.3 is 0 Å². The molecule has 0 amide bonds. The second-order valence-electron chi connectivity index (χ2n) is 5.93. The van der Waals surface area contributed by atoms with Crippen molar-refractivity contribution in [2.75, 3.05) is 20.7 Å². The molecule has 0 bridgehead atoms. The molecule has 112 valence electrons. The number of nitrogen functional groups attached to an aromatic ring is 1. The van der Waals surface area contributed by atoms with E-state index in [0.29, 0.717) is 17.9 Å². The number of rotatable bonds is 5. The number of aromatic nitrogens is 1. The lowest BCUT2D eigenvalue weighted by Crippen LogP contribution is -2.43. The standard InChI is InChI=1S/C16H22N4O/c1-16(2,20(3)4)10-21-14-11-7-5-6-8-13(11)19-9-12(14)15(17)18/h5-9H,10H2,1-4H3,(H3,17,18). The van der Waals surface area contributed by atoms with Crippen molar-refractivity contribution in [2.24, 2.45) is 5.73 Å². The second kappa shape index (κ2) is 5.69. The third-order valence-corrected chi connectivity index (χ3v) is 3.80. The molecule has 0 fully saturated rings. The lowest BCUT2D eigenvalue weighted by Gasteiger charge is -2.32. The Kier molecular flexibility index (Phi) is 4.14. The quantitative estimate of drug-likeness (QED) is 0.653. The van der Waals surface area contributed by atoms with Crippen molar-refractivity contribution in [3.05, 3.63) is 36.0 Å². The Hall–Kier alpha value is -2.14. The van der Waals surface area contributed by atoms with Gasteiger partial charge in [-0.05, 0) is 40.1 Å². The molecule has 1 heterocycles. The van der Waals surface area contributed by atoms with Crippen molar-refractivity contribution >= 4 is 16.7 Å². The lowest BCUT2D eigenvalue weighted by atomic mass is 10.1. The van der Waals surface area contributed by atoms with Gasteiger partial charge in [0.25, 0.3) is 0 Å². The number of benzene rings is 1. The highest BCUT2D eigenvalue weighted by atomic mass is 16.5. The van der Waals surface area contributed by atoms with Crippen LogP contribution in [0.1, 0.15) is 19.4 Å². The fourth-order valence-corrected chi connectivity index (χ4v) is 1.84. The summed E-state index contributed by atoms with van der Waals surface area (Å²) in [6.45, 7) is 4.70. The summed E-state index contributed by atoms with van der Waals surface area (Å²) in [5, 5.41) is 8.59. The van der Waals surface area contributed by atoms with E-state index in [1.165, 1.54) is 0 Å². The highest BCUT2D eigenvalue weighted by Gasteiger charge is 2.23. The summed E-state index contributed by atoms with van der Waals surface area (Å²) in [6.07, 6.45) is 1.60. The zero-order valence-corrected chi connectivity index (χ0v) is 13.0. The molecule has 2 rings (SSSR count). The molecule has 5 nitrogen and oxygen atoms in total. The minimum atomic E-state index is -0.127. The van der Waals surface area contributed by atoms with Gasteiger partial charge in [0.15, 0.2) is 0 Å². The first-order chi connectivity index (χ1) is 9.83. The lowest BCUT2D eigenvalue weighted by molar-refractivity contribution is 0.115. The van der Waals surface area contributed by atoms with Crippen molar-refractivity contribution in [1.82, 2.24) is 9.88 Å². The van der Waals surface area contributed by atoms with Crippen LogP contribution in [0.4, 0.5) is 0 Å². The summed E-state index contributed by atoms with van der Waals surface area (Å²) >= 11 is 0. The van der Waals surface area contributed by atoms with E-state index in [4.69, 9.17) is 15.9 Å². The van der Waals surface area contributed by atoms with Crippen molar-refractivity contribution < 1.29 is 4.74 Å². The number of hydrogen-bond acceptors (Lipinski definition) is 4. The number of nitrogens with zero attached hydrogens (tertiary/aromatic N) is 2. The molecule has 0 atom stereocenters. The largest absolute Gasteiger partial charge is 0.490 e. The van der Waals surface area contributed by atoms with E-state index in [9.17, 15) is 0 Å². The molecule has 2 aromatic rings. The van der Waals surface area contributed by atoms with Gasteiger partial charge < -0.3 is 15.4 Å². The van der Waals surface area contributed by atoms with Gasteiger partial charge in [0, 0.05) is 17.1 Å². The van der Waals surface area contributed by atoms with Crippen LogP contribution in [0, 0.1) is 5.41 Å². The van der Waals surface area contributed by atoms with Crippen molar-refractivity contribution in [1.29, 1.82) is 5.41 Å². The molecule has 1 aromatic carbocycles. The van der Waals surface area contributed by atoms with E-state index in [1.807, 2.05) is 38.4 Å². The third kappa shape index (κ3) is 3.13. The van der Waals surface area contributed by atoms with Gasteiger partial charge in [-0.1, -0.05) is 12.1 Å². The van der Waals surface area contributed by atoms with Gasteiger partial charge in [-0.15, -0.1) is 0 Å². The fraction of sp³-hybridized carbons (Fsp3) is 0.375. The van der Waals surface area contributed by atoms with Gasteiger partial charge in [0.2, 0.25) is 0 Å². The van der Waals surface area contributed by atoms with E-state index < -0.39 is 0 Å². The summed E-state index contributed by atoms with van der Waals surface area (Å²) in [6, 6.07) is 7.71. The van der Waals surface area contributed by atoms with Gasteiger partial charge in [0.05, 0.1) is 11.1 Å². The van der Waals surface area contributed by atoms with E-state index in [1.54, 1.807) is 6.20 Å². The van der Waals surface area contributed by atoms with Crippen LogP contribution in [0.15, 0.2) is 30.5 Å². The maximum absolute atomic E-state index is 7.72. The van der Waals surface area contributed by atoms with Crippen LogP contribution in [0.25, 0.3) is 10.9 Å². The molecule has 3 N–H and O–H groups in total. The highest BCUT2D eigenvalue weighted by Crippen LogP contribution is 2.29. The number of nitrogens with two attached hydrogens (primary N) is 1. The number of fused-ring (bicyclic) bond motifs is 1. The summed E-state index contributed by atoms with van der Waals surface area (Å²) < 4.78 is 6.04. The number of pyridine rings is 1. The normalized spacial score (nSPS) is 11.9. The number of amidine groups is 1. The van der Waals surface area contributed by atoms with Crippen LogP contribution < -0.4 is 10.5 Å². The Bertz CT molecular complexity index is 664. The van der Waals surface area contributed by atoms with Crippen molar-refractivity contribution in [3.63, 3.8) is 0 Å². The van der Waals surface area contributed by atoms with Crippen molar-refractivity contribution in [2.45, 2.75) is 19.4 Å². The SMILES string of the molecule is CN(C)C(C)(C)COc1c(C(=N)N)cnc2ccccc12. The van der Waals surface area contributed by atoms with Gasteiger partial charge in [-0.3, -0.25) is 10.4 Å². The van der Waals surface area contributed by atoms with Gasteiger partial charge in [-0.25, -0.2) is 0 Å². The second-order valence-corrected chi connectivity index (χ2v) is 5.93. The number of nitrogens with one attached hydrogen (secondary N) is 1. The first-order valence-electron chi connectivity index (χ1n) is 6.85. The number of hydrogen-bond donors (Lipinski definition) is 2. The summed E-state index contributed by atoms with van der Waals surface area (Å²) in [7, 11) is 4.03. The predicted octanol–water partition coefficient (Wildman–Crippen LogP) is 2.24. The Labute approximate surface area is 125 Å². The minimum Gasteiger partial charge on any atom is -0.490 e. The van der Waals surface area contributed by atoms with Crippen LogP contribution in [-0.4, -0.2) is 42.0 Å². The Balaban J connectivity index is 2.45. The molecule has 21 heavy (non-hydrogen) atoms. The van der Waals surface area contributed by atoms with E-state index in [-0.39, 0.29) is 11.4 Å². The molecule has 0 radical (unpaired) electrons. The van der Waals surface area contributed by atoms with Crippen molar-refractivity contribution in [3.8, 4) is 5.75 Å². The van der Waals surface area contributed by atoms with Crippen LogP contribution in [0.3, 0.4) is 0 Å². The van der Waals surface area contributed by atoms with Crippen LogP contribution in [0.5, 0.6) is 5.75 Å². The molecular formula is C16H22N4O. The van der Waals surface area contributed by atoms with Crippen LogP contribution in [0.2, 0.25) is 0 Å². The van der Waals surface area contributed by atoms with E-state index >= 15 is 0 Å². The first kappa shape index (κ1) is 15.3. The maximum atomic E-state index is 7.72. The molecule has 0 spiro atoms. The smallest absolute Gasteiger partial charge is 0.141 e. The molecule has 0 aliphatic heterocycles. The molecule has 0 saturated heterocycles. The fourth-order valence-electron chi connectivity index (χ4n) is 1.84. The maximum Gasteiger partial charge on any atom is 0.141 e. The minimum absolute atomic E-state index is 0.0362. The number of ether oxygens (including phenoxy) is 1. The monoisotopic (exact) mass is 286 g/mol. The van der Waals surface area contributed by atoms with Gasteiger partial charge in [0.1, 0.15) is 18.2 Å². The number of para-hydroxylation sites is 1. The molecule has 0 aliphatic rings. The van der Waals surface area contributed by atoms with Crippen LogP contribution in [-0.2, 0) is 0 Å². The van der Waals surface area contributed by atoms with E-state index in [0.717, 1.165) is 10.9 Å². The predicted molar refractivity (Wildman–Crippen MR) is 86.0 cm³/mol. The molecule has 0 aliphatic carbocycles. The Morgan fingerprint density at radius 2 is 2.00 bits per heavy atom. The molecule has 1 aromatic heterocycles. The molecule has 5 heteroatoms. The summed E-state index contributed by atoms with van der Waals surface area (Å²) in [5.74, 6) is 0.592. The topological polar surface area (TPSA) is 75.2 Å². The molecule has 0 unspecified atom stereocenters. The Morgan fingerprint density at radius 3 is 2.62 bits per heavy atom. The summed E-state index contributed by atoms with van der Waals surface area (Å²) in [4.78, 5) is 6.43. The third-order valence-electron chi connectivity index (χ3n) is 3.80. The zero-order valence-electron chi connectivity index (χ0n) is 13.0. The molecular weight excluding hydrogens is 264 g/mol. The highest BCUT2D eigenvalue weighted by molar-refractivity contribution is 6.02. The van der Waals surface area contributed by atoms with Gasteiger partial charge in [-0.2, -0.15) is 0 Å². The average Bonchev–Trinajstić information content (AvgIpc) is 2.44. The number of likely N-dealkylation sites (N-methyl/N-ethyl adjacent to an activating group) is 1.